The SMILES string of the molecule is COc1cc(OC)nc(NC(=O)NS(=O)(=O)c2c(Cl)nc3ccc(C(C)C)nn23)n1. The van der Waals surface area contributed by atoms with E-state index in [1.54, 1.807) is 12.1 Å². The molecule has 160 valence electrons. The van der Waals surface area contributed by atoms with Crippen LogP contribution in [-0.2, 0) is 10.0 Å². The van der Waals surface area contributed by atoms with Crippen molar-refractivity contribution in [1.29, 1.82) is 0 Å². The van der Waals surface area contributed by atoms with Gasteiger partial charge in [-0.15, -0.1) is 0 Å². The molecule has 0 saturated heterocycles. The van der Waals surface area contributed by atoms with Crippen LogP contribution in [0.3, 0.4) is 0 Å². The minimum Gasteiger partial charge on any atom is -0.481 e. The van der Waals surface area contributed by atoms with E-state index < -0.39 is 21.1 Å². The number of ether oxygens (including phenoxy) is 2. The van der Waals surface area contributed by atoms with Crippen molar-refractivity contribution < 1.29 is 22.7 Å². The Morgan fingerprint density at radius 2 is 1.77 bits per heavy atom. The van der Waals surface area contributed by atoms with Crippen molar-refractivity contribution in [2.24, 2.45) is 0 Å². The molecule has 3 aromatic rings. The van der Waals surface area contributed by atoms with Crippen molar-refractivity contribution in [3.63, 3.8) is 0 Å². The molecular formula is C16H18ClN7O5S. The topological polar surface area (TPSA) is 150 Å². The molecule has 2 amide bonds. The Morgan fingerprint density at radius 3 is 2.33 bits per heavy atom. The number of carbonyl (C=O) groups is 1. The summed E-state index contributed by atoms with van der Waals surface area (Å²) in [5.74, 6) is 0.0106. The summed E-state index contributed by atoms with van der Waals surface area (Å²) in [6, 6.07) is 3.56. The number of aromatic nitrogens is 5. The van der Waals surface area contributed by atoms with Crippen LogP contribution < -0.4 is 19.5 Å². The molecule has 0 atom stereocenters. The molecular weight excluding hydrogens is 438 g/mol. The maximum Gasteiger partial charge on any atom is 0.335 e. The molecule has 0 fully saturated rings. The summed E-state index contributed by atoms with van der Waals surface area (Å²) in [5.41, 5.74) is 0.834. The van der Waals surface area contributed by atoms with Crippen LogP contribution in [0.25, 0.3) is 5.65 Å². The van der Waals surface area contributed by atoms with Crippen molar-refractivity contribution in [3.8, 4) is 11.8 Å². The van der Waals surface area contributed by atoms with Gasteiger partial charge in [-0.05, 0) is 18.1 Å². The van der Waals surface area contributed by atoms with Gasteiger partial charge in [0.15, 0.2) is 10.8 Å². The lowest BCUT2D eigenvalue weighted by Crippen LogP contribution is -2.35. The highest BCUT2D eigenvalue weighted by Gasteiger charge is 2.28. The number of nitrogens with zero attached hydrogens (tertiary/aromatic N) is 5. The maximum absolute atomic E-state index is 12.8. The Hall–Kier alpha value is -3.19. The second-order valence-corrected chi connectivity index (χ2v) is 8.18. The first-order chi connectivity index (χ1) is 14.1. The Balaban J connectivity index is 1.91. The number of amides is 2. The minimum absolute atomic E-state index is 0.0302. The predicted molar refractivity (Wildman–Crippen MR) is 107 cm³/mol. The largest absolute Gasteiger partial charge is 0.481 e. The molecule has 0 aliphatic carbocycles. The van der Waals surface area contributed by atoms with Crippen LogP contribution in [0.1, 0.15) is 25.5 Å². The summed E-state index contributed by atoms with van der Waals surface area (Å²) in [5, 5.41) is 5.66. The zero-order chi connectivity index (χ0) is 22.1. The van der Waals surface area contributed by atoms with Gasteiger partial charge in [-0.2, -0.15) is 28.0 Å². The van der Waals surface area contributed by atoms with E-state index in [0.29, 0.717) is 5.69 Å². The van der Waals surface area contributed by atoms with Crippen LogP contribution in [0.2, 0.25) is 5.15 Å². The number of urea groups is 1. The van der Waals surface area contributed by atoms with E-state index >= 15 is 0 Å². The molecule has 2 N–H and O–H groups in total. The molecule has 3 aromatic heterocycles. The van der Waals surface area contributed by atoms with E-state index in [1.165, 1.54) is 20.3 Å². The third-order valence-electron chi connectivity index (χ3n) is 3.81. The fourth-order valence-electron chi connectivity index (χ4n) is 2.40. The third kappa shape index (κ3) is 4.36. The van der Waals surface area contributed by atoms with Gasteiger partial charge in [0.2, 0.25) is 22.7 Å². The highest BCUT2D eigenvalue weighted by Crippen LogP contribution is 2.23. The highest BCUT2D eigenvalue weighted by molar-refractivity contribution is 7.90. The lowest BCUT2D eigenvalue weighted by molar-refractivity contribution is 0.256. The van der Waals surface area contributed by atoms with Crippen molar-refractivity contribution in [3.05, 3.63) is 29.0 Å². The van der Waals surface area contributed by atoms with Crippen LogP contribution in [0.15, 0.2) is 23.2 Å². The van der Waals surface area contributed by atoms with Crippen molar-refractivity contribution in [2.75, 3.05) is 19.5 Å². The summed E-state index contributed by atoms with van der Waals surface area (Å²) >= 11 is 6.03. The van der Waals surface area contributed by atoms with Crippen LogP contribution in [0.4, 0.5) is 10.7 Å². The number of sulfonamides is 1. The van der Waals surface area contributed by atoms with Crippen LogP contribution in [-0.4, -0.2) is 53.2 Å². The molecule has 0 spiro atoms. The molecule has 14 heteroatoms. The molecule has 12 nitrogen and oxygen atoms in total. The van der Waals surface area contributed by atoms with E-state index in [9.17, 15) is 13.2 Å². The molecule has 0 aromatic carbocycles. The molecule has 0 bridgehead atoms. The molecule has 0 aliphatic heterocycles. The average molecular weight is 456 g/mol. The lowest BCUT2D eigenvalue weighted by atomic mass is 10.1. The number of hydrogen-bond donors (Lipinski definition) is 2. The zero-order valence-electron chi connectivity index (χ0n) is 16.4. The van der Waals surface area contributed by atoms with Gasteiger partial charge in [-0.25, -0.2) is 14.5 Å². The van der Waals surface area contributed by atoms with Crippen LogP contribution in [0.5, 0.6) is 11.8 Å². The summed E-state index contributed by atoms with van der Waals surface area (Å²) in [7, 11) is -1.72. The highest BCUT2D eigenvalue weighted by atomic mass is 35.5. The van der Waals surface area contributed by atoms with Gasteiger partial charge in [0.25, 0.3) is 10.0 Å². The van der Waals surface area contributed by atoms with Gasteiger partial charge >= 0.3 is 6.03 Å². The Morgan fingerprint density at radius 1 is 1.13 bits per heavy atom. The van der Waals surface area contributed by atoms with E-state index in [2.05, 4.69) is 25.4 Å². The smallest absolute Gasteiger partial charge is 0.335 e. The maximum atomic E-state index is 12.8. The minimum atomic E-state index is -4.44. The first-order valence-corrected chi connectivity index (χ1v) is 10.4. The summed E-state index contributed by atoms with van der Waals surface area (Å²) in [6.45, 7) is 3.80. The fourth-order valence-corrected chi connectivity index (χ4v) is 3.89. The molecule has 3 heterocycles. The normalized spacial score (nSPS) is 11.5. The number of rotatable bonds is 6. The molecule has 30 heavy (non-hydrogen) atoms. The van der Waals surface area contributed by atoms with Crippen molar-refractivity contribution in [2.45, 2.75) is 24.8 Å². The van der Waals surface area contributed by atoms with Crippen LogP contribution >= 0.6 is 11.6 Å². The molecule has 0 aliphatic rings. The van der Waals surface area contributed by atoms with Gasteiger partial charge in [0.1, 0.15) is 0 Å². The Kier molecular flexibility index (Phi) is 5.94. The number of nitrogens with one attached hydrogen (secondary N) is 2. The number of imidazole rings is 1. The number of hydrogen-bond acceptors (Lipinski definition) is 9. The molecule has 0 saturated carbocycles. The van der Waals surface area contributed by atoms with Gasteiger partial charge in [0, 0.05) is 0 Å². The summed E-state index contributed by atoms with van der Waals surface area (Å²) < 4.78 is 38.5. The number of carbonyl (C=O) groups excluding carboxylic acids is 1. The van der Waals surface area contributed by atoms with Crippen molar-refractivity contribution in [1.82, 2.24) is 29.3 Å². The second kappa shape index (κ2) is 8.28. The van der Waals surface area contributed by atoms with E-state index in [0.717, 1.165) is 4.52 Å². The van der Waals surface area contributed by atoms with Crippen LogP contribution in [0, 0.1) is 0 Å². The molecule has 3 rings (SSSR count). The van der Waals surface area contributed by atoms with Gasteiger partial charge < -0.3 is 9.47 Å². The monoisotopic (exact) mass is 455 g/mol. The second-order valence-electron chi connectivity index (χ2n) is 6.23. The first kappa shape index (κ1) is 21.5. The standard InChI is InChI=1S/C16H18ClN7O5S/c1-8(2)9-5-6-10-18-13(17)14(24(10)22-9)30(26,27)23-16(25)21-15-19-11(28-3)7-12(20-15)29-4/h5-8H,1-4H3,(H2,19,20,21,23,25). The first-order valence-electron chi connectivity index (χ1n) is 8.50. The van der Waals surface area contributed by atoms with Gasteiger partial charge in [-0.1, -0.05) is 25.4 Å². The average Bonchev–Trinajstić information content (AvgIpc) is 3.02. The molecule has 0 radical (unpaired) electrons. The van der Waals surface area contributed by atoms with E-state index in [4.69, 9.17) is 21.1 Å². The predicted octanol–water partition coefficient (Wildman–Crippen LogP) is 1.82. The van der Waals surface area contributed by atoms with E-state index in [-0.39, 0.29) is 34.4 Å². The lowest BCUT2D eigenvalue weighted by Gasteiger charge is -2.10. The van der Waals surface area contributed by atoms with Crippen molar-refractivity contribution >= 4 is 39.3 Å². The number of anilines is 1. The number of fused-ring (bicyclic) bond motifs is 1. The van der Waals surface area contributed by atoms with E-state index in [1.807, 2.05) is 18.6 Å². The van der Waals surface area contributed by atoms with Gasteiger partial charge in [0.05, 0.1) is 26.0 Å². The third-order valence-corrected chi connectivity index (χ3v) is 5.52. The number of halogens is 1. The molecule has 0 unspecified atom stereocenters. The fraction of sp³-hybridized carbons (Fsp3) is 0.312. The zero-order valence-corrected chi connectivity index (χ0v) is 17.9. The Bertz CT molecular complexity index is 1190. The Labute approximate surface area is 176 Å². The quantitative estimate of drug-likeness (QED) is 0.567. The van der Waals surface area contributed by atoms with Gasteiger partial charge in [-0.3, -0.25) is 5.32 Å². The summed E-state index contributed by atoms with van der Waals surface area (Å²) in [6.07, 6.45) is 0. The summed E-state index contributed by atoms with van der Waals surface area (Å²) in [4.78, 5) is 24.1. The number of methoxy groups -OCH3 is 2.